The van der Waals surface area contributed by atoms with E-state index in [0.717, 1.165) is 18.4 Å². The Morgan fingerprint density at radius 3 is 2.90 bits per heavy atom. The Labute approximate surface area is 121 Å². The van der Waals surface area contributed by atoms with Crippen molar-refractivity contribution in [3.63, 3.8) is 0 Å². The molecule has 2 rings (SSSR count). The van der Waals surface area contributed by atoms with E-state index in [-0.39, 0.29) is 5.91 Å². The minimum absolute atomic E-state index is 0.268. The number of nitrogens with two attached hydrogens (primary N) is 1. The number of hydrazine groups is 1. The van der Waals surface area contributed by atoms with E-state index in [1.807, 2.05) is 23.6 Å². The number of nitrogens with one attached hydrogen (secondary N) is 1. The summed E-state index contributed by atoms with van der Waals surface area (Å²) in [5.74, 6) is 4.87. The van der Waals surface area contributed by atoms with Gasteiger partial charge in [-0.15, -0.1) is 11.3 Å². The van der Waals surface area contributed by atoms with Gasteiger partial charge in [0, 0.05) is 24.6 Å². The van der Waals surface area contributed by atoms with Crippen molar-refractivity contribution in [2.24, 2.45) is 5.84 Å². The molecular formula is C14H17N3O2S. The number of nitrogen functional groups attached to an aromatic ring is 1. The molecule has 20 heavy (non-hydrogen) atoms. The van der Waals surface area contributed by atoms with Crippen molar-refractivity contribution in [2.45, 2.75) is 19.4 Å². The molecule has 0 radical (unpaired) electrons. The number of hydrogen-bond donors (Lipinski definition) is 2. The number of rotatable bonds is 7. The van der Waals surface area contributed by atoms with Crippen molar-refractivity contribution >= 4 is 17.2 Å². The highest BCUT2D eigenvalue weighted by Crippen LogP contribution is 2.17. The molecule has 2 heterocycles. The molecule has 0 aliphatic heterocycles. The third-order valence-corrected chi connectivity index (χ3v) is 3.80. The van der Waals surface area contributed by atoms with Gasteiger partial charge in [-0.2, -0.15) is 0 Å². The Hall–Kier alpha value is -1.76. The fourth-order valence-electron chi connectivity index (χ4n) is 1.82. The van der Waals surface area contributed by atoms with Crippen molar-refractivity contribution in [2.75, 3.05) is 6.61 Å². The highest BCUT2D eigenvalue weighted by molar-refractivity contribution is 7.12. The summed E-state index contributed by atoms with van der Waals surface area (Å²) in [5, 5.41) is 1.86. The quantitative estimate of drug-likeness (QED) is 0.353. The molecular weight excluding hydrogens is 274 g/mol. The van der Waals surface area contributed by atoms with Crippen molar-refractivity contribution in [3.05, 3.63) is 52.0 Å². The maximum atomic E-state index is 11.5. The summed E-state index contributed by atoms with van der Waals surface area (Å²) < 4.78 is 5.61. The summed E-state index contributed by atoms with van der Waals surface area (Å²) in [5.41, 5.74) is 4.27. The number of carbonyl (C=O) groups is 1. The molecule has 0 aromatic carbocycles. The molecule has 0 unspecified atom stereocenters. The number of nitrogens with zero attached hydrogens (tertiary/aromatic N) is 1. The molecule has 0 bridgehead atoms. The van der Waals surface area contributed by atoms with E-state index >= 15 is 0 Å². The van der Waals surface area contributed by atoms with Crippen LogP contribution in [-0.2, 0) is 17.8 Å². The normalized spacial score (nSPS) is 10.4. The molecule has 0 aliphatic carbocycles. The Morgan fingerprint density at radius 2 is 2.15 bits per heavy atom. The van der Waals surface area contributed by atoms with Gasteiger partial charge in [0.15, 0.2) is 0 Å². The number of hydrogen-bond acceptors (Lipinski definition) is 5. The third kappa shape index (κ3) is 4.12. The van der Waals surface area contributed by atoms with Crippen LogP contribution in [0.15, 0.2) is 36.0 Å². The van der Waals surface area contributed by atoms with Gasteiger partial charge in [-0.05, 0) is 42.0 Å². The molecule has 0 aliphatic rings. The van der Waals surface area contributed by atoms with Crippen LogP contribution in [0.5, 0.6) is 0 Å². The Kier molecular flexibility index (Phi) is 5.67. The van der Waals surface area contributed by atoms with Gasteiger partial charge in [-0.1, -0.05) is 0 Å². The Balaban J connectivity index is 1.71. The van der Waals surface area contributed by atoms with Crippen LogP contribution in [0.1, 0.15) is 27.2 Å². The first-order valence-corrected chi connectivity index (χ1v) is 7.23. The minimum atomic E-state index is -0.268. The minimum Gasteiger partial charge on any atom is -0.377 e. The van der Waals surface area contributed by atoms with Gasteiger partial charge < -0.3 is 4.74 Å². The molecule has 3 N–H and O–H groups in total. The van der Waals surface area contributed by atoms with Crippen LogP contribution in [0.25, 0.3) is 0 Å². The Bertz CT molecular complexity index is 542. The van der Waals surface area contributed by atoms with Crippen molar-refractivity contribution in [1.29, 1.82) is 0 Å². The van der Waals surface area contributed by atoms with E-state index in [4.69, 9.17) is 10.6 Å². The van der Waals surface area contributed by atoms with Gasteiger partial charge in [0.1, 0.15) is 0 Å². The van der Waals surface area contributed by atoms with E-state index in [1.54, 1.807) is 12.4 Å². The summed E-state index contributed by atoms with van der Waals surface area (Å²) in [4.78, 5) is 16.1. The number of amides is 1. The average molecular weight is 291 g/mol. The average Bonchev–Trinajstić information content (AvgIpc) is 2.95. The van der Waals surface area contributed by atoms with Crippen LogP contribution >= 0.6 is 11.3 Å². The van der Waals surface area contributed by atoms with E-state index in [9.17, 15) is 4.79 Å². The highest BCUT2D eigenvalue weighted by Gasteiger charge is 2.11. The molecule has 6 heteroatoms. The SMILES string of the molecule is NNC(=O)c1sccc1COCCCc1ccncc1. The van der Waals surface area contributed by atoms with Crippen LogP contribution in [0, 0.1) is 0 Å². The summed E-state index contributed by atoms with van der Waals surface area (Å²) in [7, 11) is 0. The van der Waals surface area contributed by atoms with Gasteiger partial charge in [0.25, 0.3) is 5.91 Å². The summed E-state index contributed by atoms with van der Waals surface area (Å²) in [6.45, 7) is 1.09. The number of aryl methyl sites for hydroxylation is 1. The zero-order valence-corrected chi connectivity index (χ0v) is 11.9. The van der Waals surface area contributed by atoms with E-state index in [0.29, 0.717) is 18.1 Å². The maximum Gasteiger partial charge on any atom is 0.275 e. The second-order valence-electron chi connectivity index (χ2n) is 4.26. The molecule has 0 fully saturated rings. The zero-order valence-electron chi connectivity index (χ0n) is 11.0. The first kappa shape index (κ1) is 14.6. The number of ether oxygens (including phenoxy) is 1. The molecule has 0 saturated carbocycles. The van der Waals surface area contributed by atoms with Gasteiger partial charge in [0.05, 0.1) is 11.5 Å². The number of thiophene rings is 1. The topological polar surface area (TPSA) is 77.2 Å². The summed E-state index contributed by atoms with van der Waals surface area (Å²) in [6.07, 6.45) is 5.48. The monoisotopic (exact) mass is 291 g/mol. The first-order chi connectivity index (χ1) is 9.81. The van der Waals surface area contributed by atoms with E-state index in [2.05, 4.69) is 10.4 Å². The zero-order chi connectivity index (χ0) is 14.2. The third-order valence-electron chi connectivity index (χ3n) is 2.85. The fourth-order valence-corrected chi connectivity index (χ4v) is 2.64. The lowest BCUT2D eigenvalue weighted by Crippen LogP contribution is -2.30. The molecule has 106 valence electrons. The lowest BCUT2D eigenvalue weighted by molar-refractivity contribution is 0.0944. The van der Waals surface area contributed by atoms with Gasteiger partial charge >= 0.3 is 0 Å². The number of pyridine rings is 1. The predicted octanol–water partition coefficient (Wildman–Crippen LogP) is 1.90. The van der Waals surface area contributed by atoms with Crippen LogP contribution in [0.4, 0.5) is 0 Å². The van der Waals surface area contributed by atoms with Crippen LogP contribution in [0.3, 0.4) is 0 Å². The molecule has 5 nitrogen and oxygen atoms in total. The lowest BCUT2D eigenvalue weighted by atomic mass is 10.1. The van der Waals surface area contributed by atoms with Gasteiger partial charge in [-0.3, -0.25) is 15.2 Å². The maximum absolute atomic E-state index is 11.5. The molecule has 2 aromatic heterocycles. The largest absolute Gasteiger partial charge is 0.377 e. The highest BCUT2D eigenvalue weighted by atomic mass is 32.1. The van der Waals surface area contributed by atoms with Crippen LogP contribution in [-0.4, -0.2) is 17.5 Å². The molecule has 0 saturated heterocycles. The van der Waals surface area contributed by atoms with Gasteiger partial charge in [-0.25, -0.2) is 5.84 Å². The Morgan fingerprint density at radius 1 is 1.35 bits per heavy atom. The molecule has 1 amide bonds. The van der Waals surface area contributed by atoms with Crippen molar-refractivity contribution in [1.82, 2.24) is 10.4 Å². The smallest absolute Gasteiger partial charge is 0.275 e. The number of aromatic nitrogens is 1. The number of carbonyl (C=O) groups excluding carboxylic acids is 1. The molecule has 0 spiro atoms. The van der Waals surface area contributed by atoms with Crippen LogP contribution < -0.4 is 11.3 Å². The molecule has 0 atom stereocenters. The van der Waals surface area contributed by atoms with Crippen LogP contribution in [0.2, 0.25) is 0 Å². The predicted molar refractivity (Wildman–Crippen MR) is 78.2 cm³/mol. The first-order valence-electron chi connectivity index (χ1n) is 6.35. The van der Waals surface area contributed by atoms with E-state index < -0.39 is 0 Å². The van der Waals surface area contributed by atoms with Gasteiger partial charge in [0.2, 0.25) is 0 Å². The second kappa shape index (κ2) is 7.74. The fraction of sp³-hybridized carbons (Fsp3) is 0.286. The second-order valence-corrected chi connectivity index (χ2v) is 5.18. The van der Waals surface area contributed by atoms with Crippen molar-refractivity contribution < 1.29 is 9.53 Å². The standard InChI is InChI=1S/C14H17N3O2S/c15-17-14(18)13-12(5-9-20-13)10-19-8-1-2-11-3-6-16-7-4-11/h3-7,9H,1-2,8,10,15H2,(H,17,18). The van der Waals surface area contributed by atoms with Crippen molar-refractivity contribution in [3.8, 4) is 0 Å². The molecule has 2 aromatic rings. The summed E-state index contributed by atoms with van der Waals surface area (Å²) >= 11 is 1.36. The van der Waals surface area contributed by atoms with E-state index in [1.165, 1.54) is 16.9 Å². The lowest BCUT2D eigenvalue weighted by Gasteiger charge is -2.05. The summed E-state index contributed by atoms with van der Waals surface area (Å²) in [6, 6.07) is 5.89.